The van der Waals surface area contributed by atoms with Crippen LogP contribution < -0.4 is 0 Å². The van der Waals surface area contributed by atoms with Gasteiger partial charge >= 0.3 is 0 Å². The predicted octanol–water partition coefficient (Wildman–Crippen LogP) is 6.06. The minimum Gasteiger partial charge on any atom is -0.506 e. The highest BCUT2D eigenvalue weighted by molar-refractivity contribution is 6.05. The van der Waals surface area contributed by atoms with Gasteiger partial charge in [-0.25, -0.2) is 0 Å². The van der Waals surface area contributed by atoms with Gasteiger partial charge in [0.2, 0.25) is 0 Å². The van der Waals surface area contributed by atoms with Gasteiger partial charge in [-0.1, -0.05) is 54.6 Å². The Morgan fingerprint density at radius 1 is 0.394 bits per heavy atom. The molecule has 6 nitrogen and oxygen atoms in total. The molecule has 0 heterocycles. The van der Waals surface area contributed by atoms with Gasteiger partial charge in [-0.2, -0.15) is 0 Å². The lowest BCUT2D eigenvalue weighted by Gasteiger charge is -2.12. The number of phenols is 3. The van der Waals surface area contributed by atoms with Crippen molar-refractivity contribution in [3.05, 3.63) is 108 Å². The summed E-state index contributed by atoms with van der Waals surface area (Å²) in [5, 5.41) is 32.4. The van der Waals surface area contributed by atoms with Crippen molar-refractivity contribution in [3.63, 3.8) is 0 Å². The van der Waals surface area contributed by atoms with Gasteiger partial charge < -0.3 is 15.3 Å². The monoisotopic (exact) mass is 435 g/mol. The van der Waals surface area contributed by atoms with Crippen molar-refractivity contribution in [2.45, 2.75) is 0 Å². The van der Waals surface area contributed by atoms with E-state index in [-0.39, 0.29) is 22.4 Å². The molecule has 0 radical (unpaired) electrons. The molecule has 0 bridgehead atoms. The van der Waals surface area contributed by atoms with E-state index < -0.39 is 11.5 Å². The number of para-hydroxylation sites is 3. The third kappa shape index (κ3) is 5.14. The maximum atomic E-state index is 11.0. The van der Waals surface area contributed by atoms with Gasteiger partial charge in [0.15, 0.2) is 11.5 Å². The third-order valence-corrected chi connectivity index (χ3v) is 4.83. The Hall–Kier alpha value is -4.71. The van der Waals surface area contributed by atoms with Crippen molar-refractivity contribution in [1.82, 2.24) is 0 Å². The number of benzene rings is 4. The summed E-state index contributed by atoms with van der Waals surface area (Å²) in [4.78, 5) is 13.0. The topological polar surface area (TPSA) is 97.8 Å². The van der Waals surface area contributed by atoms with Crippen LogP contribution >= 0.6 is 0 Å². The smallest absolute Gasteiger partial charge is 0.170 e. The van der Waals surface area contributed by atoms with Crippen LogP contribution in [-0.2, 0) is 0 Å². The highest BCUT2D eigenvalue weighted by Gasteiger charge is 2.21. The van der Waals surface area contributed by atoms with E-state index in [1.807, 2.05) is 66.7 Å². The maximum Gasteiger partial charge on any atom is 0.170 e. The van der Waals surface area contributed by atoms with E-state index in [9.17, 15) is 15.3 Å². The maximum absolute atomic E-state index is 11.0. The van der Waals surface area contributed by atoms with E-state index in [1.54, 1.807) is 24.3 Å². The van der Waals surface area contributed by atoms with Crippen LogP contribution in [0.1, 0.15) is 16.7 Å². The average Bonchev–Trinajstić information content (AvgIpc) is 2.86. The molecular weight excluding hydrogens is 414 g/mol. The number of nitrogens with zero attached hydrogens (tertiary/aromatic N) is 3. The van der Waals surface area contributed by atoms with Gasteiger partial charge in [0.25, 0.3) is 0 Å². The van der Waals surface area contributed by atoms with Crippen molar-refractivity contribution in [1.29, 1.82) is 0 Å². The van der Waals surface area contributed by atoms with E-state index in [0.29, 0.717) is 17.1 Å². The standard InChI is InChI=1S/C27H21N3O3/c31-25-22(16-28-19-10-4-1-5-11-19)23(17-29-20-12-6-2-7-13-20)26(32)27(33)24(25)18-30-21-14-8-3-9-15-21/h1-18,31-33H. The lowest BCUT2D eigenvalue weighted by atomic mass is 10.0. The van der Waals surface area contributed by atoms with E-state index in [1.165, 1.54) is 18.6 Å². The van der Waals surface area contributed by atoms with Crippen molar-refractivity contribution in [2.24, 2.45) is 15.0 Å². The van der Waals surface area contributed by atoms with Crippen LogP contribution in [0.15, 0.2) is 106 Å². The molecule has 3 N–H and O–H groups in total. The third-order valence-electron chi connectivity index (χ3n) is 4.83. The molecule has 4 aromatic carbocycles. The summed E-state index contributed by atoms with van der Waals surface area (Å²) >= 11 is 0. The minimum atomic E-state index is -0.501. The first-order valence-corrected chi connectivity index (χ1v) is 10.2. The van der Waals surface area contributed by atoms with E-state index >= 15 is 0 Å². The van der Waals surface area contributed by atoms with Gasteiger partial charge in [0, 0.05) is 24.2 Å². The summed E-state index contributed by atoms with van der Waals surface area (Å²) in [7, 11) is 0. The van der Waals surface area contributed by atoms with Gasteiger partial charge in [-0.15, -0.1) is 0 Å². The fourth-order valence-corrected chi connectivity index (χ4v) is 3.11. The first-order valence-electron chi connectivity index (χ1n) is 10.2. The molecule has 4 rings (SSSR count). The van der Waals surface area contributed by atoms with Gasteiger partial charge in [-0.3, -0.25) is 15.0 Å². The zero-order chi connectivity index (χ0) is 23.0. The second-order valence-electron chi connectivity index (χ2n) is 7.07. The molecule has 0 fully saturated rings. The largest absolute Gasteiger partial charge is 0.506 e. The normalized spacial score (nSPS) is 11.6. The van der Waals surface area contributed by atoms with Crippen molar-refractivity contribution in [3.8, 4) is 17.2 Å². The molecule has 162 valence electrons. The molecule has 4 aromatic rings. The summed E-state index contributed by atoms with van der Waals surface area (Å²) in [5.41, 5.74) is 2.24. The number of aromatic hydroxyl groups is 3. The van der Waals surface area contributed by atoms with Crippen molar-refractivity contribution >= 4 is 35.7 Å². The van der Waals surface area contributed by atoms with Crippen molar-refractivity contribution < 1.29 is 15.3 Å². The Morgan fingerprint density at radius 2 is 0.697 bits per heavy atom. The zero-order valence-electron chi connectivity index (χ0n) is 17.6. The van der Waals surface area contributed by atoms with Gasteiger partial charge in [-0.05, 0) is 36.4 Å². The molecule has 0 aliphatic heterocycles. The molecule has 0 aliphatic rings. The highest BCUT2D eigenvalue weighted by atomic mass is 16.3. The molecule has 0 aromatic heterocycles. The van der Waals surface area contributed by atoms with Crippen LogP contribution in [0.5, 0.6) is 17.2 Å². The van der Waals surface area contributed by atoms with Crippen LogP contribution in [0.4, 0.5) is 17.1 Å². The number of hydrogen-bond acceptors (Lipinski definition) is 6. The highest BCUT2D eigenvalue weighted by Crippen LogP contribution is 2.40. The molecule has 0 atom stereocenters. The number of hydrogen-bond donors (Lipinski definition) is 3. The van der Waals surface area contributed by atoms with Gasteiger partial charge in [0.1, 0.15) is 5.75 Å². The molecule has 6 heteroatoms. The van der Waals surface area contributed by atoms with Gasteiger partial charge in [0.05, 0.1) is 28.2 Å². The van der Waals surface area contributed by atoms with Crippen molar-refractivity contribution in [2.75, 3.05) is 0 Å². The quantitative estimate of drug-likeness (QED) is 0.195. The fraction of sp³-hybridized carbons (Fsp3) is 0. The second-order valence-corrected chi connectivity index (χ2v) is 7.07. The molecule has 0 amide bonds. The Labute approximate surface area is 191 Å². The Morgan fingerprint density at radius 3 is 1.09 bits per heavy atom. The lowest BCUT2D eigenvalue weighted by Crippen LogP contribution is -1.99. The zero-order valence-corrected chi connectivity index (χ0v) is 17.6. The van der Waals surface area contributed by atoms with Crippen LogP contribution in [0.3, 0.4) is 0 Å². The van der Waals surface area contributed by atoms with Crippen LogP contribution in [-0.4, -0.2) is 34.0 Å². The van der Waals surface area contributed by atoms with Crippen LogP contribution in [0.2, 0.25) is 0 Å². The summed E-state index contributed by atoms with van der Waals surface area (Å²) in [6, 6.07) is 27.4. The summed E-state index contributed by atoms with van der Waals surface area (Å²) in [6.07, 6.45) is 4.11. The van der Waals surface area contributed by atoms with Crippen LogP contribution in [0, 0.1) is 0 Å². The molecule has 0 spiro atoms. The van der Waals surface area contributed by atoms with E-state index in [0.717, 1.165) is 0 Å². The molecule has 0 saturated carbocycles. The van der Waals surface area contributed by atoms with E-state index in [2.05, 4.69) is 15.0 Å². The second kappa shape index (κ2) is 10.1. The number of phenolic OH excluding ortho intramolecular Hbond substituents is 3. The number of aliphatic imine (C=N–C) groups is 3. The van der Waals surface area contributed by atoms with E-state index in [4.69, 9.17) is 0 Å². The number of rotatable bonds is 6. The van der Waals surface area contributed by atoms with Crippen LogP contribution in [0.25, 0.3) is 0 Å². The molecule has 0 unspecified atom stereocenters. The summed E-state index contributed by atoms with van der Waals surface area (Å²) in [6.45, 7) is 0. The Balaban J connectivity index is 1.83. The Bertz CT molecular complexity index is 1320. The molecule has 33 heavy (non-hydrogen) atoms. The fourth-order valence-electron chi connectivity index (χ4n) is 3.11. The lowest BCUT2D eigenvalue weighted by molar-refractivity contribution is 0.395. The summed E-state index contributed by atoms with van der Waals surface area (Å²) < 4.78 is 0. The Kier molecular flexibility index (Phi) is 6.56. The first-order chi connectivity index (χ1) is 16.1. The first kappa shape index (κ1) is 21.5. The minimum absolute atomic E-state index is 0.0253. The predicted molar refractivity (Wildman–Crippen MR) is 133 cm³/mol. The summed E-state index contributed by atoms with van der Waals surface area (Å²) in [5.74, 6) is -1.21. The molecule has 0 saturated heterocycles. The molecule has 0 aliphatic carbocycles. The molecular formula is C27H21N3O3. The average molecular weight is 435 g/mol. The SMILES string of the molecule is Oc1c(O)c(C=Nc2ccccc2)c(C=Nc2ccccc2)c(O)c1C=Nc1ccccc1.